The van der Waals surface area contributed by atoms with Crippen LogP contribution in [0.3, 0.4) is 0 Å². The Kier molecular flexibility index (Phi) is 9.16. The van der Waals surface area contributed by atoms with Gasteiger partial charge in [0.2, 0.25) is 5.91 Å². The van der Waals surface area contributed by atoms with Crippen LogP contribution in [0.5, 0.6) is 0 Å². The molecule has 1 aromatic rings. The second-order valence-electron chi connectivity index (χ2n) is 5.01. The van der Waals surface area contributed by atoms with Crippen molar-refractivity contribution in [3.05, 3.63) is 35.9 Å². The highest BCUT2D eigenvalue weighted by Crippen LogP contribution is 2.11. The fourth-order valence-corrected chi connectivity index (χ4v) is 2.18. The molecule has 2 N–H and O–H groups in total. The summed E-state index contributed by atoms with van der Waals surface area (Å²) in [4.78, 5) is 11.0. The van der Waals surface area contributed by atoms with Crippen molar-refractivity contribution in [1.82, 2.24) is 10.6 Å². The summed E-state index contributed by atoms with van der Waals surface area (Å²) >= 11 is 3.92. The fourth-order valence-electron chi connectivity index (χ4n) is 2.07. The third-order valence-corrected chi connectivity index (χ3v) is 3.61. The van der Waals surface area contributed by atoms with E-state index >= 15 is 0 Å². The molecule has 112 valence electrons. The van der Waals surface area contributed by atoms with Crippen molar-refractivity contribution in [3.63, 3.8) is 0 Å². The number of carbonyl (C=O) groups excluding carboxylic acids is 1. The Bertz CT molecular complexity index is 370. The van der Waals surface area contributed by atoms with Crippen LogP contribution in [0.1, 0.15) is 44.2 Å². The van der Waals surface area contributed by atoms with Gasteiger partial charge in [-0.25, -0.2) is 0 Å². The number of benzene rings is 1. The molecule has 0 saturated carbocycles. The van der Waals surface area contributed by atoms with Crippen molar-refractivity contribution in [1.29, 1.82) is 0 Å². The van der Waals surface area contributed by atoms with Gasteiger partial charge in [0.15, 0.2) is 0 Å². The molecule has 1 unspecified atom stereocenters. The van der Waals surface area contributed by atoms with Crippen LogP contribution in [0.15, 0.2) is 30.3 Å². The average molecular weight is 294 g/mol. The fraction of sp³-hybridized carbons (Fsp3) is 0.562. The zero-order chi connectivity index (χ0) is 14.6. The monoisotopic (exact) mass is 294 g/mol. The lowest BCUT2D eigenvalue weighted by Crippen LogP contribution is -2.25. The van der Waals surface area contributed by atoms with Crippen molar-refractivity contribution >= 4 is 18.5 Å². The van der Waals surface area contributed by atoms with Crippen molar-refractivity contribution in [3.8, 4) is 0 Å². The average Bonchev–Trinajstić information content (AvgIpc) is 2.50. The van der Waals surface area contributed by atoms with Crippen LogP contribution in [0.2, 0.25) is 0 Å². The summed E-state index contributed by atoms with van der Waals surface area (Å²) in [5.74, 6) is 0.299. The molecule has 0 aliphatic carbocycles. The summed E-state index contributed by atoms with van der Waals surface area (Å²) in [6, 6.07) is 10.9. The predicted molar refractivity (Wildman–Crippen MR) is 88.2 cm³/mol. The summed E-state index contributed by atoms with van der Waals surface area (Å²) in [5.41, 5.74) is 1.34. The minimum Gasteiger partial charge on any atom is -0.355 e. The summed E-state index contributed by atoms with van der Waals surface area (Å²) < 4.78 is 0. The Morgan fingerprint density at radius 1 is 1.10 bits per heavy atom. The van der Waals surface area contributed by atoms with Crippen molar-refractivity contribution in [2.75, 3.05) is 18.8 Å². The Labute approximate surface area is 127 Å². The number of thiol groups is 1. The second kappa shape index (κ2) is 10.7. The van der Waals surface area contributed by atoms with Crippen LogP contribution in [0, 0.1) is 0 Å². The highest BCUT2D eigenvalue weighted by atomic mass is 32.1. The van der Waals surface area contributed by atoms with Crippen LogP contribution < -0.4 is 10.6 Å². The van der Waals surface area contributed by atoms with E-state index in [1.54, 1.807) is 0 Å². The maximum absolute atomic E-state index is 11.0. The van der Waals surface area contributed by atoms with Gasteiger partial charge in [-0.3, -0.25) is 4.79 Å². The van der Waals surface area contributed by atoms with Gasteiger partial charge < -0.3 is 10.6 Å². The summed E-state index contributed by atoms with van der Waals surface area (Å²) in [7, 11) is 0. The normalized spacial score (nSPS) is 12.1. The van der Waals surface area contributed by atoms with Crippen LogP contribution in [0.25, 0.3) is 0 Å². The van der Waals surface area contributed by atoms with Crippen molar-refractivity contribution in [2.24, 2.45) is 0 Å². The standard InChI is InChI=1S/C16H26N2OS/c1-14(15-9-5-4-6-10-15)17-11-7-2-3-8-12-18-16(19)13-20/h4-6,9-10,14,17,20H,2-3,7-8,11-13H2,1H3,(H,18,19). The predicted octanol–water partition coefficient (Wildman–Crippen LogP) is 2.94. The first-order valence-corrected chi connectivity index (χ1v) is 8.03. The third-order valence-electron chi connectivity index (χ3n) is 3.32. The van der Waals surface area contributed by atoms with Crippen LogP contribution in [-0.2, 0) is 4.79 Å². The Morgan fingerprint density at radius 2 is 1.75 bits per heavy atom. The number of unbranched alkanes of at least 4 members (excludes halogenated alkanes) is 3. The quantitative estimate of drug-likeness (QED) is 0.459. The number of carbonyl (C=O) groups is 1. The lowest BCUT2D eigenvalue weighted by Gasteiger charge is -2.14. The molecule has 1 atom stereocenters. The molecule has 0 aromatic heterocycles. The van der Waals surface area contributed by atoms with E-state index in [-0.39, 0.29) is 11.7 Å². The van der Waals surface area contributed by atoms with Gasteiger partial charge in [-0.05, 0) is 31.9 Å². The molecule has 0 spiro atoms. The maximum atomic E-state index is 11.0. The van der Waals surface area contributed by atoms with E-state index < -0.39 is 0 Å². The van der Waals surface area contributed by atoms with Gasteiger partial charge in [0.25, 0.3) is 0 Å². The highest BCUT2D eigenvalue weighted by molar-refractivity contribution is 7.81. The van der Waals surface area contributed by atoms with Crippen molar-refractivity contribution < 1.29 is 4.79 Å². The number of hydrogen-bond donors (Lipinski definition) is 3. The molecule has 0 radical (unpaired) electrons. The minimum absolute atomic E-state index is 0.0201. The Hall–Kier alpha value is -1.00. The van der Waals surface area contributed by atoms with Crippen molar-refractivity contribution in [2.45, 2.75) is 38.6 Å². The third kappa shape index (κ3) is 7.56. The molecule has 0 aliphatic heterocycles. The molecule has 0 fully saturated rings. The molecule has 3 nitrogen and oxygen atoms in total. The molecule has 1 rings (SSSR count). The van der Waals surface area contributed by atoms with Gasteiger partial charge in [-0.1, -0.05) is 43.2 Å². The van der Waals surface area contributed by atoms with E-state index in [4.69, 9.17) is 0 Å². The van der Waals surface area contributed by atoms with Crippen LogP contribution in [0.4, 0.5) is 0 Å². The first kappa shape index (κ1) is 17.1. The minimum atomic E-state index is 0.0201. The second-order valence-corrected chi connectivity index (χ2v) is 5.33. The largest absolute Gasteiger partial charge is 0.355 e. The van der Waals surface area contributed by atoms with Gasteiger partial charge in [0, 0.05) is 12.6 Å². The zero-order valence-corrected chi connectivity index (χ0v) is 13.2. The summed E-state index contributed by atoms with van der Waals surface area (Å²) in [6.45, 7) is 4.01. The van der Waals surface area contributed by atoms with Crippen LogP contribution in [-0.4, -0.2) is 24.7 Å². The molecule has 1 amide bonds. The molecular formula is C16H26N2OS. The van der Waals surface area contributed by atoms with Gasteiger partial charge in [-0.15, -0.1) is 0 Å². The number of amides is 1. The molecule has 0 aliphatic rings. The first-order valence-electron chi connectivity index (χ1n) is 7.40. The molecular weight excluding hydrogens is 268 g/mol. The van der Waals surface area contributed by atoms with E-state index in [1.165, 1.54) is 18.4 Å². The lowest BCUT2D eigenvalue weighted by molar-refractivity contribution is -0.118. The Morgan fingerprint density at radius 3 is 2.40 bits per heavy atom. The Balaban J connectivity index is 1.96. The molecule has 0 bridgehead atoms. The highest BCUT2D eigenvalue weighted by Gasteiger charge is 2.02. The van der Waals surface area contributed by atoms with E-state index in [1.807, 2.05) is 6.07 Å². The van der Waals surface area contributed by atoms with Gasteiger partial charge in [-0.2, -0.15) is 12.6 Å². The first-order chi connectivity index (χ1) is 9.74. The smallest absolute Gasteiger partial charge is 0.229 e. The van der Waals surface area contributed by atoms with E-state index in [2.05, 4.69) is 54.5 Å². The van der Waals surface area contributed by atoms with E-state index in [0.29, 0.717) is 6.04 Å². The zero-order valence-electron chi connectivity index (χ0n) is 12.3. The number of rotatable bonds is 10. The molecule has 0 heterocycles. The van der Waals surface area contributed by atoms with Crippen LogP contribution >= 0.6 is 12.6 Å². The topological polar surface area (TPSA) is 41.1 Å². The summed E-state index contributed by atoms with van der Waals surface area (Å²) in [5, 5.41) is 6.37. The molecule has 0 saturated heterocycles. The summed E-state index contributed by atoms with van der Waals surface area (Å²) in [6.07, 6.45) is 4.59. The molecule has 1 aromatic carbocycles. The number of nitrogens with one attached hydrogen (secondary N) is 2. The SMILES string of the molecule is CC(NCCCCCCNC(=O)CS)c1ccccc1. The van der Waals surface area contributed by atoms with E-state index in [0.717, 1.165) is 25.9 Å². The van der Waals surface area contributed by atoms with E-state index in [9.17, 15) is 4.79 Å². The maximum Gasteiger partial charge on any atom is 0.229 e. The lowest BCUT2D eigenvalue weighted by atomic mass is 10.1. The van der Waals surface area contributed by atoms with Gasteiger partial charge in [0.1, 0.15) is 0 Å². The molecule has 4 heteroatoms. The van der Waals surface area contributed by atoms with Gasteiger partial charge in [0.05, 0.1) is 5.75 Å². The van der Waals surface area contributed by atoms with Gasteiger partial charge >= 0.3 is 0 Å². The molecule has 20 heavy (non-hydrogen) atoms. The number of hydrogen-bond acceptors (Lipinski definition) is 3.